The third-order valence-corrected chi connectivity index (χ3v) is 5.52. The summed E-state index contributed by atoms with van der Waals surface area (Å²) in [5.74, 6) is 1.96. The van der Waals surface area contributed by atoms with Gasteiger partial charge in [0.25, 0.3) is 0 Å². The van der Waals surface area contributed by atoms with E-state index in [1.165, 1.54) is 5.56 Å². The molecule has 0 aliphatic carbocycles. The van der Waals surface area contributed by atoms with E-state index in [4.69, 9.17) is 16.3 Å². The number of aromatic nitrogens is 2. The molecular weight excluding hydrogens is 372 g/mol. The van der Waals surface area contributed by atoms with Gasteiger partial charge in [0, 0.05) is 56.2 Å². The Kier molecular flexibility index (Phi) is 5.95. The van der Waals surface area contributed by atoms with Gasteiger partial charge < -0.3 is 14.6 Å². The second-order valence-electron chi connectivity index (χ2n) is 7.11. The molecule has 0 saturated carbocycles. The van der Waals surface area contributed by atoms with Crippen LogP contribution >= 0.6 is 11.6 Å². The van der Waals surface area contributed by atoms with Crippen LogP contribution in [0.4, 0.5) is 0 Å². The highest BCUT2D eigenvalue weighted by molar-refractivity contribution is 6.31. The van der Waals surface area contributed by atoms with Gasteiger partial charge in [-0.3, -0.25) is 4.90 Å². The molecule has 1 aromatic heterocycles. The zero-order chi connectivity index (χ0) is 19.3. The van der Waals surface area contributed by atoms with Gasteiger partial charge in [-0.05, 0) is 23.8 Å². The molecule has 2 aromatic carbocycles. The van der Waals surface area contributed by atoms with Crippen LogP contribution in [0.3, 0.4) is 0 Å². The van der Waals surface area contributed by atoms with Crippen LogP contribution in [0.25, 0.3) is 0 Å². The van der Waals surface area contributed by atoms with Gasteiger partial charge >= 0.3 is 0 Å². The van der Waals surface area contributed by atoms with E-state index in [1.807, 2.05) is 42.7 Å². The maximum Gasteiger partial charge on any atom is 0.127 e. The highest BCUT2D eigenvalue weighted by Gasteiger charge is 2.26. The molecular formula is C22H25ClN4O. The van der Waals surface area contributed by atoms with Crippen LogP contribution in [0.5, 0.6) is 5.75 Å². The van der Waals surface area contributed by atoms with Gasteiger partial charge in [0.2, 0.25) is 0 Å². The number of nitrogens with zero attached hydrogens (tertiary/aromatic N) is 3. The average molecular weight is 397 g/mol. The minimum atomic E-state index is 0.265. The SMILES string of the molecule is Cn1ccnc1C1CNCCN1Cc1cccc(OCc2ccccc2Cl)c1. The van der Waals surface area contributed by atoms with Crippen molar-refractivity contribution in [1.82, 2.24) is 19.8 Å². The van der Waals surface area contributed by atoms with Crippen molar-refractivity contribution in [3.05, 3.63) is 82.9 Å². The van der Waals surface area contributed by atoms with E-state index < -0.39 is 0 Å². The predicted octanol–water partition coefficient (Wildman–Crippen LogP) is 3.80. The summed E-state index contributed by atoms with van der Waals surface area (Å²) >= 11 is 6.23. The zero-order valence-electron chi connectivity index (χ0n) is 16.0. The van der Waals surface area contributed by atoms with E-state index in [0.29, 0.717) is 6.61 Å². The van der Waals surface area contributed by atoms with Crippen molar-refractivity contribution in [1.29, 1.82) is 0 Å². The number of hydrogen-bond acceptors (Lipinski definition) is 4. The fourth-order valence-electron chi connectivity index (χ4n) is 3.63. The normalized spacial score (nSPS) is 17.6. The maximum absolute atomic E-state index is 6.23. The third kappa shape index (κ3) is 4.38. The molecule has 4 rings (SSSR count). The molecule has 1 fully saturated rings. The smallest absolute Gasteiger partial charge is 0.127 e. The summed E-state index contributed by atoms with van der Waals surface area (Å²) < 4.78 is 8.09. The van der Waals surface area contributed by atoms with Gasteiger partial charge in [-0.2, -0.15) is 0 Å². The number of imidazole rings is 1. The number of nitrogens with one attached hydrogen (secondary N) is 1. The fraction of sp³-hybridized carbons (Fsp3) is 0.318. The van der Waals surface area contributed by atoms with E-state index >= 15 is 0 Å². The molecule has 1 aliphatic rings. The summed E-state index contributed by atoms with van der Waals surface area (Å²) in [5, 5.41) is 4.22. The molecule has 5 nitrogen and oxygen atoms in total. The van der Waals surface area contributed by atoms with E-state index in [9.17, 15) is 0 Å². The quantitative estimate of drug-likeness (QED) is 0.688. The lowest BCUT2D eigenvalue weighted by molar-refractivity contribution is 0.144. The molecule has 1 aliphatic heterocycles. The molecule has 1 unspecified atom stereocenters. The van der Waals surface area contributed by atoms with Crippen LogP contribution < -0.4 is 10.1 Å². The number of benzene rings is 2. The molecule has 1 N–H and O–H groups in total. The minimum absolute atomic E-state index is 0.265. The Hall–Kier alpha value is -2.34. The van der Waals surface area contributed by atoms with Gasteiger partial charge in [0.15, 0.2) is 0 Å². The fourth-order valence-corrected chi connectivity index (χ4v) is 3.82. The maximum atomic E-state index is 6.23. The standard InChI is InChI=1S/C22H25ClN4O/c1-26-11-10-25-22(26)21-14-24-9-12-27(21)15-17-5-4-7-19(13-17)28-16-18-6-2-3-8-20(18)23/h2-8,10-11,13,21,24H,9,12,14-16H2,1H3. The third-order valence-electron chi connectivity index (χ3n) is 5.15. The van der Waals surface area contributed by atoms with Gasteiger partial charge in [0.05, 0.1) is 6.04 Å². The molecule has 3 aromatic rings. The number of ether oxygens (including phenoxy) is 1. The van der Waals surface area contributed by atoms with Crippen LogP contribution in [0.2, 0.25) is 5.02 Å². The van der Waals surface area contributed by atoms with Crippen molar-refractivity contribution >= 4 is 11.6 Å². The van der Waals surface area contributed by atoms with Crippen molar-refractivity contribution in [2.75, 3.05) is 19.6 Å². The summed E-state index contributed by atoms with van der Waals surface area (Å²) in [7, 11) is 2.05. The number of piperazine rings is 1. The molecule has 6 heteroatoms. The lowest BCUT2D eigenvalue weighted by Crippen LogP contribution is -2.46. The van der Waals surface area contributed by atoms with Crippen LogP contribution in [-0.2, 0) is 20.2 Å². The van der Waals surface area contributed by atoms with Gasteiger partial charge in [-0.1, -0.05) is 41.9 Å². The first-order chi connectivity index (χ1) is 13.7. The second kappa shape index (κ2) is 8.78. The largest absolute Gasteiger partial charge is 0.489 e. The first-order valence-electron chi connectivity index (χ1n) is 9.58. The highest BCUT2D eigenvalue weighted by atomic mass is 35.5. The van der Waals surface area contributed by atoms with Crippen LogP contribution in [0, 0.1) is 0 Å². The molecule has 146 valence electrons. The van der Waals surface area contributed by atoms with Gasteiger partial charge in [-0.15, -0.1) is 0 Å². The summed E-state index contributed by atoms with van der Waals surface area (Å²) in [6, 6.07) is 16.4. The Balaban J connectivity index is 1.45. The first kappa shape index (κ1) is 19.0. The summed E-state index contributed by atoms with van der Waals surface area (Å²) in [5.41, 5.74) is 2.23. The van der Waals surface area contributed by atoms with E-state index in [0.717, 1.165) is 48.3 Å². The number of halogens is 1. The average Bonchev–Trinajstić information content (AvgIpc) is 3.14. The van der Waals surface area contributed by atoms with E-state index in [2.05, 4.69) is 45.0 Å². The molecule has 1 saturated heterocycles. The van der Waals surface area contributed by atoms with Crippen LogP contribution in [0.1, 0.15) is 23.0 Å². The molecule has 1 atom stereocenters. The Morgan fingerprint density at radius 2 is 2.11 bits per heavy atom. The van der Waals surface area contributed by atoms with E-state index in [-0.39, 0.29) is 6.04 Å². The van der Waals surface area contributed by atoms with Crippen molar-refractivity contribution in [2.45, 2.75) is 19.2 Å². The van der Waals surface area contributed by atoms with Crippen LogP contribution in [0.15, 0.2) is 60.9 Å². The van der Waals surface area contributed by atoms with Crippen LogP contribution in [-0.4, -0.2) is 34.1 Å². The van der Waals surface area contributed by atoms with Crippen molar-refractivity contribution < 1.29 is 4.74 Å². The van der Waals surface area contributed by atoms with E-state index in [1.54, 1.807) is 0 Å². The summed E-state index contributed by atoms with van der Waals surface area (Å²) in [6.45, 7) is 4.22. The zero-order valence-corrected chi connectivity index (χ0v) is 16.8. The van der Waals surface area contributed by atoms with Crippen molar-refractivity contribution in [2.24, 2.45) is 7.05 Å². The Bertz CT molecular complexity index is 926. The van der Waals surface area contributed by atoms with Gasteiger partial charge in [-0.25, -0.2) is 4.98 Å². The summed E-state index contributed by atoms with van der Waals surface area (Å²) in [6.07, 6.45) is 3.87. The predicted molar refractivity (Wildman–Crippen MR) is 111 cm³/mol. The molecule has 0 spiro atoms. The van der Waals surface area contributed by atoms with Gasteiger partial charge in [0.1, 0.15) is 18.2 Å². The topological polar surface area (TPSA) is 42.3 Å². The number of hydrogen-bond donors (Lipinski definition) is 1. The Morgan fingerprint density at radius 1 is 1.21 bits per heavy atom. The Labute approximate surface area is 170 Å². The first-order valence-corrected chi connectivity index (χ1v) is 9.95. The molecule has 0 amide bonds. The monoisotopic (exact) mass is 396 g/mol. The highest BCUT2D eigenvalue weighted by Crippen LogP contribution is 2.25. The molecule has 0 radical (unpaired) electrons. The lowest BCUT2D eigenvalue weighted by atomic mass is 10.1. The Morgan fingerprint density at radius 3 is 2.93 bits per heavy atom. The number of rotatable bonds is 6. The minimum Gasteiger partial charge on any atom is -0.489 e. The molecule has 28 heavy (non-hydrogen) atoms. The molecule has 2 heterocycles. The number of aryl methyl sites for hydroxylation is 1. The van der Waals surface area contributed by atoms with Crippen molar-refractivity contribution in [3.63, 3.8) is 0 Å². The second-order valence-corrected chi connectivity index (χ2v) is 7.52. The molecule has 0 bridgehead atoms. The van der Waals surface area contributed by atoms with Crippen molar-refractivity contribution in [3.8, 4) is 5.75 Å². The lowest BCUT2D eigenvalue weighted by Gasteiger charge is -2.35. The summed E-state index contributed by atoms with van der Waals surface area (Å²) in [4.78, 5) is 7.04.